The fourth-order valence-electron chi connectivity index (χ4n) is 2.27. The third-order valence-corrected chi connectivity index (χ3v) is 4.37. The van der Waals surface area contributed by atoms with Gasteiger partial charge in [-0.3, -0.25) is 4.79 Å². The number of carbonyl (C=O) groups excluding carboxylic acids is 2. The van der Waals surface area contributed by atoms with E-state index in [1.54, 1.807) is 29.5 Å². The van der Waals surface area contributed by atoms with Crippen LogP contribution < -0.4 is 10.1 Å². The minimum Gasteiger partial charge on any atom is -0.496 e. The Balaban J connectivity index is 2.13. The van der Waals surface area contributed by atoms with E-state index in [1.807, 2.05) is 19.9 Å². The van der Waals surface area contributed by atoms with Crippen molar-refractivity contribution in [3.05, 3.63) is 50.7 Å². The van der Waals surface area contributed by atoms with Crippen LogP contribution in [0.1, 0.15) is 36.0 Å². The number of esters is 1. The first-order valence-electron chi connectivity index (χ1n) is 7.06. The number of aryl methyl sites for hydroxylation is 2. The maximum Gasteiger partial charge on any atom is 0.341 e. The van der Waals surface area contributed by atoms with Gasteiger partial charge < -0.3 is 14.8 Å². The molecule has 1 heterocycles. The molecule has 122 valence electrons. The largest absolute Gasteiger partial charge is 0.496 e. The Bertz CT molecular complexity index is 736. The molecule has 0 radical (unpaired) electrons. The van der Waals surface area contributed by atoms with Crippen molar-refractivity contribution in [2.24, 2.45) is 0 Å². The molecule has 0 aliphatic carbocycles. The number of amides is 1. The fourth-order valence-corrected chi connectivity index (χ4v) is 3.19. The molecule has 2 rings (SSSR count). The Labute approximate surface area is 139 Å². The predicted molar refractivity (Wildman–Crippen MR) is 89.3 cm³/mol. The number of thiophene rings is 1. The molecular weight excluding hydrogens is 314 g/mol. The Morgan fingerprint density at radius 2 is 1.87 bits per heavy atom. The lowest BCUT2D eigenvalue weighted by molar-refractivity contribution is 0.0597. The molecule has 0 unspecified atom stereocenters. The fraction of sp³-hybridized carbons (Fsp3) is 0.294. The number of hydrogen-bond donors (Lipinski definition) is 1. The maximum atomic E-state index is 12.2. The molecule has 1 aromatic heterocycles. The standard InChI is InChI=1S/C17H19NO4S/c1-10-7-13(11(2)23-10)16(19)18-9-12-5-6-15(21-3)14(8-12)17(20)22-4/h5-8H,9H2,1-4H3,(H,18,19). The number of hydrogen-bond acceptors (Lipinski definition) is 5. The van der Waals surface area contributed by atoms with Gasteiger partial charge in [-0.05, 0) is 37.6 Å². The Kier molecular flexibility index (Phi) is 5.39. The van der Waals surface area contributed by atoms with Gasteiger partial charge in [0.15, 0.2) is 0 Å². The predicted octanol–water partition coefficient (Wildman–Crippen LogP) is 3.09. The van der Waals surface area contributed by atoms with Crippen LogP contribution in [0.3, 0.4) is 0 Å². The first kappa shape index (κ1) is 17.0. The molecule has 5 nitrogen and oxygen atoms in total. The third-order valence-electron chi connectivity index (χ3n) is 3.41. The van der Waals surface area contributed by atoms with Crippen molar-refractivity contribution in [2.45, 2.75) is 20.4 Å². The van der Waals surface area contributed by atoms with E-state index in [2.05, 4.69) is 5.32 Å². The molecule has 1 N–H and O–H groups in total. The highest BCUT2D eigenvalue weighted by Gasteiger charge is 2.15. The molecule has 0 fully saturated rings. The lowest BCUT2D eigenvalue weighted by Gasteiger charge is -2.10. The summed E-state index contributed by atoms with van der Waals surface area (Å²) >= 11 is 1.59. The zero-order valence-corrected chi connectivity index (χ0v) is 14.4. The maximum absolute atomic E-state index is 12.2. The van der Waals surface area contributed by atoms with Gasteiger partial charge in [-0.15, -0.1) is 11.3 Å². The Morgan fingerprint density at radius 3 is 2.43 bits per heavy atom. The lowest BCUT2D eigenvalue weighted by Crippen LogP contribution is -2.23. The average Bonchev–Trinajstić information content (AvgIpc) is 2.90. The number of methoxy groups -OCH3 is 2. The van der Waals surface area contributed by atoms with Gasteiger partial charge >= 0.3 is 5.97 Å². The molecule has 0 saturated heterocycles. The summed E-state index contributed by atoms with van der Waals surface area (Å²) in [5.41, 5.74) is 1.82. The van der Waals surface area contributed by atoms with E-state index in [-0.39, 0.29) is 5.91 Å². The highest BCUT2D eigenvalue weighted by molar-refractivity contribution is 7.12. The summed E-state index contributed by atoms with van der Waals surface area (Å²) in [5.74, 6) is -0.155. The van der Waals surface area contributed by atoms with Gasteiger partial charge in [-0.1, -0.05) is 6.07 Å². The number of benzene rings is 1. The van der Waals surface area contributed by atoms with Crippen LogP contribution >= 0.6 is 11.3 Å². The third kappa shape index (κ3) is 3.90. The number of rotatable bonds is 5. The normalized spacial score (nSPS) is 10.3. The van der Waals surface area contributed by atoms with Gasteiger partial charge in [0.05, 0.1) is 19.8 Å². The summed E-state index contributed by atoms with van der Waals surface area (Å²) in [6, 6.07) is 7.03. The summed E-state index contributed by atoms with van der Waals surface area (Å²) in [7, 11) is 2.81. The van der Waals surface area contributed by atoms with Crippen LogP contribution in [0.5, 0.6) is 5.75 Å². The quantitative estimate of drug-likeness (QED) is 0.854. The molecule has 0 saturated carbocycles. The molecule has 6 heteroatoms. The van der Waals surface area contributed by atoms with E-state index in [4.69, 9.17) is 9.47 Å². The summed E-state index contributed by atoms with van der Waals surface area (Å²) in [6.45, 7) is 4.22. The second-order valence-electron chi connectivity index (χ2n) is 5.04. The highest BCUT2D eigenvalue weighted by Crippen LogP contribution is 2.22. The van der Waals surface area contributed by atoms with Gasteiger partial charge in [-0.2, -0.15) is 0 Å². The van der Waals surface area contributed by atoms with Crippen LogP contribution in [0.4, 0.5) is 0 Å². The van der Waals surface area contributed by atoms with Gasteiger partial charge in [-0.25, -0.2) is 4.79 Å². The average molecular weight is 333 g/mol. The molecular formula is C17H19NO4S. The van der Waals surface area contributed by atoms with E-state index in [9.17, 15) is 9.59 Å². The summed E-state index contributed by atoms with van der Waals surface area (Å²) in [6.07, 6.45) is 0. The second kappa shape index (κ2) is 7.28. The molecule has 2 aromatic rings. The molecule has 1 aromatic carbocycles. The topological polar surface area (TPSA) is 64.6 Å². The summed E-state index contributed by atoms with van der Waals surface area (Å²) in [5, 5.41) is 2.87. The van der Waals surface area contributed by atoms with Gasteiger partial charge in [0, 0.05) is 16.3 Å². The lowest BCUT2D eigenvalue weighted by atomic mass is 10.1. The van der Waals surface area contributed by atoms with Crippen molar-refractivity contribution >= 4 is 23.2 Å². The van der Waals surface area contributed by atoms with Crippen molar-refractivity contribution in [1.29, 1.82) is 0 Å². The molecule has 0 aliphatic rings. The van der Waals surface area contributed by atoms with Crippen molar-refractivity contribution in [2.75, 3.05) is 14.2 Å². The molecule has 1 amide bonds. The van der Waals surface area contributed by atoms with E-state index in [0.29, 0.717) is 23.4 Å². The molecule has 0 aliphatic heterocycles. The summed E-state index contributed by atoms with van der Waals surface area (Å²) in [4.78, 5) is 26.1. The second-order valence-corrected chi connectivity index (χ2v) is 6.50. The van der Waals surface area contributed by atoms with Crippen LogP contribution in [-0.2, 0) is 11.3 Å². The number of nitrogens with one attached hydrogen (secondary N) is 1. The number of ether oxygens (including phenoxy) is 2. The van der Waals surface area contributed by atoms with Crippen LogP contribution in [0, 0.1) is 13.8 Å². The Morgan fingerprint density at radius 1 is 1.13 bits per heavy atom. The van der Waals surface area contributed by atoms with Gasteiger partial charge in [0.1, 0.15) is 11.3 Å². The first-order valence-corrected chi connectivity index (χ1v) is 7.88. The molecule has 23 heavy (non-hydrogen) atoms. The van der Waals surface area contributed by atoms with Gasteiger partial charge in [0.25, 0.3) is 5.91 Å². The van der Waals surface area contributed by atoms with E-state index >= 15 is 0 Å². The van der Waals surface area contributed by atoms with Crippen molar-refractivity contribution in [1.82, 2.24) is 5.32 Å². The van der Waals surface area contributed by atoms with Crippen LogP contribution in [0.25, 0.3) is 0 Å². The number of carbonyl (C=O) groups is 2. The SMILES string of the molecule is COC(=O)c1cc(CNC(=O)c2cc(C)sc2C)ccc1OC. The van der Waals surface area contributed by atoms with Crippen molar-refractivity contribution in [3.8, 4) is 5.75 Å². The van der Waals surface area contributed by atoms with Crippen LogP contribution in [-0.4, -0.2) is 26.1 Å². The van der Waals surface area contributed by atoms with E-state index in [1.165, 1.54) is 14.2 Å². The van der Waals surface area contributed by atoms with Crippen molar-refractivity contribution < 1.29 is 19.1 Å². The molecule has 0 bridgehead atoms. The highest BCUT2D eigenvalue weighted by atomic mass is 32.1. The first-order chi connectivity index (χ1) is 11.0. The Hall–Kier alpha value is -2.34. The van der Waals surface area contributed by atoms with Crippen LogP contribution in [0.2, 0.25) is 0 Å². The zero-order valence-electron chi connectivity index (χ0n) is 13.6. The monoisotopic (exact) mass is 333 g/mol. The van der Waals surface area contributed by atoms with Crippen LogP contribution in [0.15, 0.2) is 24.3 Å². The zero-order chi connectivity index (χ0) is 17.0. The van der Waals surface area contributed by atoms with E-state index < -0.39 is 5.97 Å². The van der Waals surface area contributed by atoms with E-state index in [0.717, 1.165) is 15.3 Å². The van der Waals surface area contributed by atoms with Crippen molar-refractivity contribution in [3.63, 3.8) is 0 Å². The minimum atomic E-state index is -0.473. The summed E-state index contributed by atoms with van der Waals surface area (Å²) < 4.78 is 9.89. The molecule has 0 atom stereocenters. The smallest absolute Gasteiger partial charge is 0.341 e. The van der Waals surface area contributed by atoms with Gasteiger partial charge in [0.2, 0.25) is 0 Å². The minimum absolute atomic E-state index is 0.123. The molecule has 0 spiro atoms.